The SMILES string of the molecule is CN=C(NCc1cccs1)N1CCS(=O)(=O)C(C)(C)C1.I. The Labute approximate surface area is 147 Å². The third-order valence-electron chi connectivity index (χ3n) is 3.56. The van der Waals surface area contributed by atoms with Crippen molar-refractivity contribution in [2.24, 2.45) is 4.99 Å². The van der Waals surface area contributed by atoms with E-state index in [1.165, 1.54) is 4.88 Å². The maximum Gasteiger partial charge on any atom is 0.194 e. The molecule has 120 valence electrons. The Morgan fingerprint density at radius 2 is 2.24 bits per heavy atom. The van der Waals surface area contributed by atoms with Gasteiger partial charge in [0.1, 0.15) is 0 Å². The Balaban J connectivity index is 0.00000220. The van der Waals surface area contributed by atoms with Gasteiger partial charge in [-0.05, 0) is 25.3 Å². The standard InChI is InChI=1S/C13H21N3O2S2.HI/c1-13(2)10-16(6-8-20(13,17)18)12(14-3)15-9-11-5-4-7-19-11;/h4-5,7H,6,8-10H2,1-3H3,(H,14,15);1H. The summed E-state index contributed by atoms with van der Waals surface area (Å²) in [6.45, 7) is 5.24. The second kappa shape index (κ2) is 7.28. The van der Waals surface area contributed by atoms with Crippen LogP contribution in [-0.2, 0) is 16.4 Å². The van der Waals surface area contributed by atoms with Gasteiger partial charge in [-0.25, -0.2) is 8.42 Å². The van der Waals surface area contributed by atoms with Gasteiger partial charge in [-0.3, -0.25) is 4.99 Å². The summed E-state index contributed by atoms with van der Waals surface area (Å²) in [6.07, 6.45) is 0. The lowest BCUT2D eigenvalue weighted by atomic mass is 10.2. The minimum absolute atomic E-state index is 0. The van der Waals surface area contributed by atoms with E-state index in [1.807, 2.05) is 16.3 Å². The van der Waals surface area contributed by atoms with Gasteiger partial charge in [0.05, 0.1) is 17.0 Å². The first-order valence-corrected chi connectivity index (χ1v) is 9.09. The van der Waals surface area contributed by atoms with Crippen LogP contribution in [0.1, 0.15) is 18.7 Å². The highest BCUT2D eigenvalue weighted by atomic mass is 127. The van der Waals surface area contributed by atoms with Crippen molar-refractivity contribution in [2.75, 3.05) is 25.9 Å². The minimum Gasteiger partial charge on any atom is -0.351 e. The monoisotopic (exact) mass is 443 g/mol. The van der Waals surface area contributed by atoms with E-state index < -0.39 is 14.6 Å². The van der Waals surface area contributed by atoms with Crippen LogP contribution in [0.15, 0.2) is 22.5 Å². The first kappa shape index (κ1) is 18.7. The van der Waals surface area contributed by atoms with Crippen LogP contribution < -0.4 is 5.32 Å². The Kier molecular flexibility index (Phi) is 6.48. The normalized spacial score (nSPS) is 20.7. The van der Waals surface area contributed by atoms with Crippen molar-refractivity contribution in [3.63, 3.8) is 0 Å². The number of hydrogen-bond acceptors (Lipinski definition) is 4. The number of nitrogens with zero attached hydrogens (tertiary/aromatic N) is 2. The fraction of sp³-hybridized carbons (Fsp3) is 0.615. The molecule has 1 saturated heterocycles. The van der Waals surface area contributed by atoms with Crippen molar-refractivity contribution in [1.82, 2.24) is 10.2 Å². The van der Waals surface area contributed by atoms with Gasteiger partial charge in [0.2, 0.25) is 0 Å². The molecule has 1 aliphatic heterocycles. The Bertz CT molecular complexity index is 583. The number of rotatable bonds is 2. The van der Waals surface area contributed by atoms with Crippen LogP contribution in [0.4, 0.5) is 0 Å². The molecule has 5 nitrogen and oxygen atoms in total. The Morgan fingerprint density at radius 3 is 2.76 bits per heavy atom. The third kappa shape index (κ3) is 4.32. The Morgan fingerprint density at radius 1 is 1.52 bits per heavy atom. The summed E-state index contributed by atoms with van der Waals surface area (Å²) in [5, 5.41) is 5.34. The summed E-state index contributed by atoms with van der Waals surface area (Å²) >= 11 is 1.69. The highest BCUT2D eigenvalue weighted by Gasteiger charge is 2.40. The molecule has 0 saturated carbocycles. The number of sulfone groups is 1. The predicted molar refractivity (Wildman–Crippen MR) is 99.4 cm³/mol. The van der Waals surface area contributed by atoms with E-state index >= 15 is 0 Å². The number of hydrogen-bond donors (Lipinski definition) is 1. The molecule has 8 heteroatoms. The van der Waals surface area contributed by atoms with Crippen LogP contribution in [0.3, 0.4) is 0 Å². The van der Waals surface area contributed by atoms with Crippen LogP contribution in [-0.4, -0.2) is 49.9 Å². The predicted octanol–water partition coefficient (Wildman–Crippen LogP) is 1.95. The van der Waals surface area contributed by atoms with E-state index in [0.717, 1.165) is 5.96 Å². The van der Waals surface area contributed by atoms with Crippen molar-refractivity contribution >= 4 is 51.1 Å². The van der Waals surface area contributed by atoms with Crippen LogP contribution in [0.25, 0.3) is 0 Å². The van der Waals surface area contributed by atoms with E-state index in [4.69, 9.17) is 0 Å². The fourth-order valence-electron chi connectivity index (χ4n) is 2.24. The quantitative estimate of drug-likeness (QED) is 0.431. The highest BCUT2D eigenvalue weighted by Crippen LogP contribution is 2.23. The summed E-state index contributed by atoms with van der Waals surface area (Å²) in [5.41, 5.74) is 0. The molecule has 1 N–H and O–H groups in total. The number of thiophene rings is 1. The maximum absolute atomic E-state index is 12.0. The molecule has 0 atom stereocenters. The van der Waals surface area contributed by atoms with Crippen molar-refractivity contribution in [2.45, 2.75) is 25.1 Å². The molecule has 0 aromatic carbocycles. The topological polar surface area (TPSA) is 61.8 Å². The maximum atomic E-state index is 12.0. The molecule has 0 spiro atoms. The van der Waals surface area contributed by atoms with Crippen LogP contribution in [0, 0.1) is 0 Å². The van der Waals surface area contributed by atoms with Gasteiger partial charge in [0, 0.05) is 25.0 Å². The van der Waals surface area contributed by atoms with Crippen molar-refractivity contribution in [3.8, 4) is 0 Å². The molecule has 1 aromatic rings. The van der Waals surface area contributed by atoms with Crippen molar-refractivity contribution in [3.05, 3.63) is 22.4 Å². The average molecular weight is 443 g/mol. The number of halogens is 1. The molecule has 2 heterocycles. The van der Waals surface area contributed by atoms with Gasteiger partial charge >= 0.3 is 0 Å². The minimum atomic E-state index is -3.02. The summed E-state index contributed by atoms with van der Waals surface area (Å²) in [5.74, 6) is 0.945. The van der Waals surface area contributed by atoms with Crippen LogP contribution >= 0.6 is 35.3 Å². The first-order valence-electron chi connectivity index (χ1n) is 6.56. The van der Waals surface area contributed by atoms with Gasteiger partial charge in [0.15, 0.2) is 15.8 Å². The van der Waals surface area contributed by atoms with Crippen LogP contribution in [0.2, 0.25) is 0 Å². The molecule has 0 bridgehead atoms. The van der Waals surface area contributed by atoms with E-state index in [0.29, 0.717) is 19.6 Å². The highest BCUT2D eigenvalue weighted by molar-refractivity contribution is 14.0. The molecule has 0 aliphatic carbocycles. The number of guanidine groups is 1. The first-order chi connectivity index (χ1) is 9.36. The summed E-state index contributed by atoms with van der Waals surface area (Å²) in [7, 11) is -1.29. The lowest BCUT2D eigenvalue weighted by Crippen LogP contribution is -2.57. The molecule has 1 aliphatic rings. The fourth-order valence-corrected chi connectivity index (χ4v) is 4.25. The van der Waals surface area contributed by atoms with E-state index in [2.05, 4.69) is 16.4 Å². The largest absolute Gasteiger partial charge is 0.351 e. The summed E-state index contributed by atoms with van der Waals surface area (Å²) in [6, 6.07) is 4.08. The molecule has 1 fully saturated rings. The van der Waals surface area contributed by atoms with Gasteiger partial charge in [-0.2, -0.15) is 0 Å². The van der Waals surface area contributed by atoms with Crippen molar-refractivity contribution in [1.29, 1.82) is 0 Å². The molecule has 2 rings (SSSR count). The van der Waals surface area contributed by atoms with E-state index in [1.54, 1.807) is 32.2 Å². The van der Waals surface area contributed by atoms with Gasteiger partial charge in [0.25, 0.3) is 0 Å². The molecular weight excluding hydrogens is 421 g/mol. The zero-order valence-corrected chi connectivity index (χ0v) is 16.5. The summed E-state index contributed by atoms with van der Waals surface area (Å²) in [4.78, 5) is 7.52. The van der Waals surface area contributed by atoms with Gasteiger partial charge < -0.3 is 10.2 Å². The Hall–Kier alpha value is -0.350. The second-order valence-corrected chi connectivity index (χ2v) is 9.26. The van der Waals surface area contributed by atoms with Gasteiger partial charge in [-0.1, -0.05) is 6.07 Å². The lowest BCUT2D eigenvalue weighted by molar-refractivity contribution is 0.353. The molecule has 0 unspecified atom stereocenters. The average Bonchev–Trinajstić information content (AvgIpc) is 2.87. The molecular formula is C13H22IN3O2S2. The number of aliphatic imine (C=N–C) groups is 1. The zero-order valence-electron chi connectivity index (χ0n) is 12.5. The molecule has 21 heavy (non-hydrogen) atoms. The molecule has 1 aromatic heterocycles. The lowest BCUT2D eigenvalue weighted by Gasteiger charge is -2.39. The number of nitrogens with one attached hydrogen (secondary N) is 1. The van der Waals surface area contributed by atoms with Crippen molar-refractivity contribution < 1.29 is 8.42 Å². The molecule has 0 radical (unpaired) electrons. The third-order valence-corrected chi connectivity index (χ3v) is 6.97. The molecule has 0 amide bonds. The zero-order chi connectivity index (χ0) is 14.8. The van der Waals surface area contributed by atoms with Gasteiger partial charge in [-0.15, -0.1) is 35.3 Å². The van der Waals surface area contributed by atoms with E-state index in [9.17, 15) is 8.42 Å². The summed E-state index contributed by atoms with van der Waals surface area (Å²) < 4.78 is 23.3. The smallest absolute Gasteiger partial charge is 0.194 e. The van der Waals surface area contributed by atoms with Crippen LogP contribution in [0.5, 0.6) is 0 Å². The second-order valence-electron chi connectivity index (χ2n) is 5.48. The van der Waals surface area contributed by atoms with E-state index in [-0.39, 0.29) is 29.7 Å².